The molecule has 1 aromatic carbocycles. The molecule has 0 saturated carbocycles. The predicted octanol–water partition coefficient (Wildman–Crippen LogP) is 2.67. The van der Waals surface area contributed by atoms with Crippen molar-refractivity contribution in [1.82, 2.24) is 0 Å². The number of hydrogen-bond acceptors (Lipinski definition) is 4. The maximum absolute atomic E-state index is 12.4. The number of methoxy groups -OCH3 is 1. The molecule has 0 saturated heterocycles. The first-order valence-corrected chi connectivity index (χ1v) is 8.54. The van der Waals surface area contributed by atoms with E-state index in [1.54, 1.807) is 20.1 Å². The van der Waals surface area contributed by atoms with Crippen molar-refractivity contribution in [3.05, 3.63) is 29.3 Å². The molecule has 0 bridgehead atoms. The number of benzene rings is 1. The number of rotatable bonds is 6. The van der Waals surface area contributed by atoms with Crippen molar-refractivity contribution in [3.8, 4) is 5.75 Å². The molecule has 0 aliphatic carbocycles. The summed E-state index contributed by atoms with van der Waals surface area (Å²) in [5.74, 6) is 0.660. The quantitative estimate of drug-likeness (QED) is 0.876. The molecule has 0 aromatic heterocycles. The molecule has 5 heteroatoms. The average Bonchev–Trinajstić information content (AvgIpc) is 2.36. The minimum Gasteiger partial charge on any atom is -0.496 e. The van der Waals surface area contributed by atoms with E-state index in [2.05, 4.69) is 0 Å². The van der Waals surface area contributed by atoms with E-state index in [9.17, 15) is 8.42 Å². The second-order valence-corrected chi connectivity index (χ2v) is 7.97. The lowest BCUT2D eigenvalue weighted by Gasteiger charge is -2.18. The lowest BCUT2D eigenvalue weighted by molar-refractivity contribution is 0.410. The molecular formula is C15H25NO3S. The Morgan fingerprint density at radius 2 is 1.80 bits per heavy atom. The molecule has 0 spiro atoms. The van der Waals surface area contributed by atoms with Crippen molar-refractivity contribution in [2.24, 2.45) is 11.7 Å². The summed E-state index contributed by atoms with van der Waals surface area (Å²) >= 11 is 0. The van der Waals surface area contributed by atoms with Gasteiger partial charge in [0.2, 0.25) is 0 Å². The number of hydrogen-bond donors (Lipinski definition) is 1. The zero-order valence-electron chi connectivity index (χ0n) is 12.9. The molecule has 0 aliphatic rings. The summed E-state index contributed by atoms with van der Waals surface area (Å²) in [6, 6.07) is 5.34. The number of sulfone groups is 1. The fourth-order valence-corrected chi connectivity index (χ4v) is 3.71. The molecule has 20 heavy (non-hydrogen) atoms. The highest BCUT2D eigenvalue weighted by Gasteiger charge is 2.25. The van der Waals surface area contributed by atoms with Gasteiger partial charge in [-0.25, -0.2) is 8.42 Å². The minimum absolute atomic E-state index is 0.0178. The van der Waals surface area contributed by atoms with Crippen molar-refractivity contribution in [2.45, 2.75) is 44.7 Å². The molecule has 2 atom stereocenters. The topological polar surface area (TPSA) is 69.4 Å². The van der Waals surface area contributed by atoms with E-state index < -0.39 is 9.84 Å². The highest BCUT2D eigenvalue weighted by molar-refractivity contribution is 7.91. The van der Waals surface area contributed by atoms with Crippen LogP contribution in [-0.4, -0.2) is 20.8 Å². The second kappa shape index (κ2) is 6.59. The Balaban J connectivity index is 3.16. The monoisotopic (exact) mass is 299 g/mol. The molecule has 0 heterocycles. The van der Waals surface area contributed by atoms with Gasteiger partial charge in [-0.3, -0.25) is 0 Å². The standard InChI is InChI=1S/C15H25NO3S/c1-10(2)12(4)20(17,18)9-14-8-13(11(3)16)6-7-15(14)19-5/h6-8,10-12H,9,16H2,1-5H3. The summed E-state index contributed by atoms with van der Waals surface area (Å²) in [5.41, 5.74) is 7.44. The van der Waals surface area contributed by atoms with Gasteiger partial charge in [-0.1, -0.05) is 19.9 Å². The van der Waals surface area contributed by atoms with Gasteiger partial charge >= 0.3 is 0 Å². The Morgan fingerprint density at radius 3 is 2.25 bits per heavy atom. The van der Waals surface area contributed by atoms with Gasteiger partial charge in [0.1, 0.15) is 5.75 Å². The number of ether oxygens (including phenoxy) is 1. The summed E-state index contributed by atoms with van der Waals surface area (Å²) in [5, 5.41) is -0.383. The average molecular weight is 299 g/mol. The second-order valence-electron chi connectivity index (χ2n) is 5.62. The van der Waals surface area contributed by atoms with Crippen molar-refractivity contribution < 1.29 is 13.2 Å². The van der Waals surface area contributed by atoms with Gasteiger partial charge in [0.25, 0.3) is 0 Å². The van der Waals surface area contributed by atoms with Crippen LogP contribution < -0.4 is 10.5 Å². The van der Waals surface area contributed by atoms with E-state index in [4.69, 9.17) is 10.5 Å². The molecule has 0 amide bonds. The van der Waals surface area contributed by atoms with Gasteiger partial charge in [-0.05, 0) is 37.5 Å². The third kappa shape index (κ3) is 3.96. The first-order chi connectivity index (χ1) is 9.19. The number of nitrogens with two attached hydrogens (primary N) is 1. The molecule has 1 aromatic rings. The van der Waals surface area contributed by atoms with E-state index in [0.717, 1.165) is 5.56 Å². The summed E-state index contributed by atoms with van der Waals surface area (Å²) in [6.07, 6.45) is 0. The van der Waals surface area contributed by atoms with E-state index in [0.29, 0.717) is 11.3 Å². The largest absolute Gasteiger partial charge is 0.496 e. The Bertz CT molecular complexity index is 550. The molecule has 0 aliphatic heterocycles. The maximum Gasteiger partial charge on any atom is 0.157 e. The Morgan fingerprint density at radius 1 is 1.20 bits per heavy atom. The van der Waals surface area contributed by atoms with Crippen molar-refractivity contribution in [1.29, 1.82) is 0 Å². The van der Waals surface area contributed by atoms with E-state index in [1.807, 2.05) is 32.9 Å². The summed E-state index contributed by atoms with van der Waals surface area (Å²) < 4.78 is 30.1. The lowest BCUT2D eigenvalue weighted by Crippen LogP contribution is -2.25. The molecule has 114 valence electrons. The molecular weight excluding hydrogens is 274 g/mol. The minimum atomic E-state index is -3.21. The molecule has 0 radical (unpaired) electrons. The summed E-state index contributed by atoms with van der Waals surface area (Å²) in [4.78, 5) is 0. The lowest BCUT2D eigenvalue weighted by atomic mass is 10.1. The van der Waals surface area contributed by atoms with Gasteiger partial charge in [0, 0.05) is 11.6 Å². The van der Waals surface area contributed by atoms with Crippen molar-refractivity contribution in [2.75, 3.05) is 7.11 Å². The Hall–Kier alpha value is -1.07. The van der Waals surface area contributed by atoms with Crippen molar-refractivity contribution in [3.63, 3.8) is 0 Å². The molecule has 1 rings (SSSR count). The molecule has 0 fully saturated rings. The molecule has 4 nitrogen and oxygen atoms in total. The Labute approximate surface area is 122 Å². The van der Waals surface area contributed by atoms with Crippen LogP contribution in [0, 0.1) is 5.92 Å². The van der Waals surface area contributed by atoms with Crippen LogP contribution in [0.2, 0.25) is 0 Å². The van der Waals surface area contributed by atoms with Crippen LogP contribution in [0.1, 0.15) is 44.9 Å². The SMILES string of the molecule is COc1ccc(C(C)N)cc1CS(=O)(=O)C(C)C(C)C. The van der Waals surface area contributed by atoms with Crippen LogP contribution >= 0.6 is 0 Å². The van der Waals surface area contributed by atoms with Gasteiger partial charge < -0.3 is 10.5 Å². The normalized spacial score (nSPS) is 15.2. The van der Waals surface area contributed by atoms with Crippen LogP contribution in [0.3, 0.4) is 0 Å². The van der Waals surface area contributed by atoms with E-state index in [1.165, 1.54) is 0 Å². The van der Waals surface area contributed by atoms with Crippen LogP contribution in [0.4, 0.5) is 0 Å². The maximum atomic E-state index is 12.4. The summed E-state index contributed by atoms with van der Waals surface area (Å²) in [7, 11) is -1.66. The zero-order chi connectivity index (χ0) is 15.5. The third-order valence-corrected chi connectivity index (χ3v) is 6.08. The first-order valence-electron chi connectivity index (χ1n) is 6.83. The van der Waals surface area contributed by atoms with E-state index in [-0.39, 0.29) is 23.0 Å². The van der Waals surface area contributed by atoms with Crippen LogP contribution in [-0.2, 0) is 15.6 Å². The highest BCUT2D eigenvalue weighted by atomic mass is 32.2. The van der Waals surface area contributed by atoms with Crippen molar-refractivity contribution >= 4 is 9.84 Å². The zero-order valence-corrected chi connectivity index (χ0v) is 13.7. The van der Waals surface area contributed by atoms with Gasteiger partial charge in [-0.15, -0.1) is 0 Å². The smallest absolute Gasteiger partial charge is 0.157 e. The predicted molar refractivity (Wildman–Crippen MR) is 82.5 cm³/mol. The first kappa shape index (κ1) is 17.0. The van der Waals surface area contributed by atoms with Gasteiger partial charge in [0.05, 0.1) is 18.1 Å². The van der Waals surface area contributed by atoms with Gasteiger partial charge in [0.15, 0.2) is 9.84 Å². The Kier molecular flexibility index (Phi) is 5.59. The molecule has 2 N–H and O–H groups in total. The fraction of sp³-hybridized carbons (Fsp3) is 0.600. The fourth-order valence-electron chi connectivity index (χ4n) is 1.96. The highest BCUT2D eigenvalue weighted by Crippen LogP contribution is 2.26. The third-order valence-electron chi connectivity index (χ3n) is 3.69. The van der Waals surface area contributed by atoms with Crippen LogP contribution in [0.5, 0.6) is 5.75 Å². The molecule has 2 unspecified atom stereocenters. The van der Waals surface area contributed by atoms with E-state index >= 15 is 0 Å². The van der Waals surface area contributed by atoms with Crippen LogP contribution in [0.15, 0.2) is 18.2 Å². The van der Waals surface area contributed by atoms with Crippen LogP contribution in [0.25, 0.3) is 0 Å². The summed E-state index contributed by atoms with van der Waals surface area (Å²) in [6.45, 7) is 7.45. The van der Waals surface area contributed by atoms with Gasteiger partial charge in [-0.2, -0.15) is 0 Å².